The Balaban J connectivity index is 2.14. The smallest absolute Gasteiger partial charge is 0.225 e. The highest BCUT2D eigenvalue weighted by atomic mass is 19.1. The zero-order valence-corrected chi connectivity index (χ0v) is 16.1. The van der Waals surface area contributed by atoms with Gasteiger partial charge in [-0.1, -0.05) is 12.1 Å². The van der Waals surface area contributed by atoms with Gasteiger partial charge >= 0.3 is 0 Å². The van der Waals surface area contributed by atoms with Gasteiger partial charge in [-0.15, -0.1) is 0 Å². The van der Waals surface area contributed by atoms with Crippen LogP contribution in [0.5, 0.6) is 23.0 Å². The van der Waals surface area contributed by atoms with Gasteiger partial charge in [-0.25, -0.2) is 4.39 Å². The second-order valence-corrected chi connectivity index (χ2v) is 5.85. The lowest BCUT2D eigenvalue weighted by atomic mass is 10.1. The zero-order valence-electron chi connectivity index (χ0n) is 16.1. The number of hydrogen-bond donors (Lipinski definition) is 1. The van der Waals surface area contributed by atoms with E-state index in [2.05, 4.69) is 5.32 Å². The summed E-state index contributed by atoms with van der Waals surface area (Å²) in [5, 5.41) is 2.85. The lowest BCUT2D eigenvalue weighted by Crippen LogP contribution is -2.28. The highest BCUT2D eigenvalue weighted by Crippen LogP contribution is 2.39. The predicted molar refractivity (Wildman–Crippen MR) is 99.3 cm³/mol. The van der Waals surface area contributed by atoms with Crippen molar-refractivity contribution in [3.63, 3.8) is 0 Å². The van der Waals surface area contributed by atoms with Crippen LogP contribution >= 0.6 is 0 Å². The molecule has 2 aromatic carbocycles. The van der Waals surface area contributed by atoms with Crippen LogP contribution in [0.25, 0.3) is 0 Å². The van der Waals surface area contributed by atoms with E-state index in [1.165, 1.54) is 40.6 Å². The van der Waals surface area contributed by atoms with Crippen LogP contribution in [0.4, 0.5) is 4.39 Å². The standard InChI is InChI=1S/C20H24FNO5/c1-12(13-6-8-16(24-2)15(21)10-13)22-18(23)11-14-7-9-17(25-3)20(27-5)19(14)26-4/h6-10,12H,11H2,1-5H3,(H,22,23). The second-order valence-electron chi connectivity index (χ2n) is 5.85. The number of rotatable bonds is 8. The molecule has 0 radical (unpaired) electrons. The Morgan fingerprint density at radius 3 is 2.15 bits per heavy atom. The SMILES string of the molecule is COc1ccc(C(C)NC(=O)Cc2ccc(OC)c(OC)c2OC)cc1F. The number of nitrogens with one attached hydrogen (secondary N) is 1. The fourth-order valence-electron chi connectivity index (χ4n) is 2.80. The Morgan fingerprint density at radius 2 is 1.59 bits per heavy atom. The van der Waals surface area contributed by atoms with E-state index in [9.17, 15) is 9.18 Å². The van der Waals surface area contributed by atoms with Crippen molar-refractivity contribution in [1.82, 2.24) is 5.32 Å². The van der Waals surface area contributed by atoms with Crippen molar-refractivity contribution < 1.29 is 28.1 Å². The second kappa shape index (κ2) is 9.12. The average molecular weight is 377 g/mol. The summed E-state index contributed by atoms with van der Waals surface area (Å²) < 4.78 is 34.7. The minimum Gasteiger partial charge on any atom is -0.494 e. The Morgan fingerprint density at radius 1 is 0.963 bits per heavy atom. The molecule has 0 aliphatic heterocycles. The topological polar surface area (TPSA) is 66.0 Å². The summed E-state index contributed by atoms with van der Waals surface area (Å²) >= 11 is 0. The third-order valence-electron chi connectivity index (χ3n) is 4.19. The highest BCUT2D eigenvalue weighted by molar-refractivity contribution is 5.80. The number of amides is 1. The third kappa shape index (κ3) is 4.61. The molecule has 0 bridgehead atoms. The number of hydrogen-bond acceptors (Lipinski definition) is 5. The number of carbonyl (C=O) groups is 1. The number of methoxy groups -OCH3 is 4. The maximum Gasteiger partial charge on any atom is 0.225 e. The molecule has 0 spiro atoms. The number of halogens is 1. The van der Waals surface area contributed by atoms with Crippen LogP contribution < -0.4 is 24.3 Å². The molecule has 0 fully saturated rings. The summed E-state index contributed by atoms with van der Waals surface area (Å²) in [6, 6.07) is 7.68. The van der Waals surface area contributed by atoms with Crippen molar-refractivity contribution in [3.05, 3.63) is 47.3 Å². The van der Waals surface area contributed by atoms with Crippen LogP contribution in [0.1, 0.15) is 24.1 Å². The minimum atomic E-state index is -0.474. The fourth-order valence-corrected chi connectivity index (χ4v) is 2.80. The van der Waals surface area contributed by atoms with Crippen LogP contribution in [0.3, 0.4) is 0 Å². The third-order valence-corrected chi connectivity index (χ3v) is 4.19. The molecule has 0 aliphatic carbocycles. The summed E-state index contributed by atoms with van der Waals surface area (Å²) in [6.07, 6.45) is 0.0759. The van der Waals surface area contributed by atoms with Crippen LogP contribution in [-0.4, -0.2) is 34.3 Å². The molecule has 2 aromatic rings. The van der Waals surface area contributed by atoms with E-state index >= 15 is 0 Å². The van der Waals surface area contributed by atoms with Gasteiger partial charge in [0.2, 0.25) is 11.7 Å². The minimum absolute atomic E-state index is 0.0759. The van der Waals surface area contributed by atoms with Crippen LogP contribution in [0.2, 0.25) is 0 Å². The summed E-state index contributed by atoms with van der Waals surface area (Å²) in [7, 11) is 5.94. The van der Waals surface area contributed by atoms with Gasteiger partial charge in [0.1, 0.15) is 0 Å². The first kappa shape index (κ1) is 20.4. The molecular weight excluding hydrogens is 353 g/mol. The molecule has 2 rings (SSSR count). The van der Waals surface area contributed by atoms with Gasteiger partial charge in [0.25, 0.3) is 0 Å². The summed E-state index contributed by atoms with van der Waals surface area (Å²) in [6.45, 7) is 1.78. The van der Waals surface area contributed by atoms with Gasteiger partial charge in [0, 0.05) is 5.56 Å². The first-order valence-electron chi connectivity index (χ1n) is 8.35. The maximum atomic E-state index is 13.9. The lowest BCUT2D eigenvalue weighted by Gasteiger charge is -2.18. The first-order valence-corrected chi connectivity index (χ1v) is 8.35. The molecule has 1 N–H and O–H groups in total. The Labute approximate surface area is 158 Å². The largest absolute Gasteiger partial charge is 0.494 e. The number of ether oxygens (including phenoxy) is 4. The molecule has 0 heterocycles. The van der Waals surface area contributed by atoms with Crippen molar-refractivity contribution in [2.45, 2.75) is 19.4 Å². The van der Waals surface area contributed by atoms with E-state index in [-0.39, 0.29) is 24.1 Å². The van der Waals surface area contributed by atoms with E-state index in [4.69, 9.17) is 18.9 Å². The quantitative estimate of drug-likeness (QED) is 0.765. The van der Waals surface area contributed by atoms with Gasteiger partial charge in [-0.2, -0.15) is 0 Å². The van der Waals surface area contributed by atoms with Gasteiger partial charge in [0.15, 0.2) is 23.1 Å². The molecular formula is C20H24FNO5. The number of benzene rings is 2. The summed E-state index contributed by atoms with van der Waals surface area (Å²) in [5.41, 5.74) is 1.29. The van der Waals surface area contributed by atoms with Crippen molar-refractivity contribution in [2.24, 2.45) is 0 Å². The van der Waals surface area contributed by atoms with E-state index in [0.717, 1.165) is 0 Å². The van der Waals surface area contributed by atoms with E-state index in [1.54, 1.807) is 25.1 Å². The van der Waals surface area contributed by atoms with Gasteiger partial charge < -0.3 is 24.3 Å². The molecule has 0 saturated heterocycles. The van der Waals surface area contributed by atoms with Gasteiger partial charge in [0.05, 0.1) is 40.9 Å². The number of carbonyl (C=O) groups excluding carboxylic acids is 1. The summed E-state index contributed by atoms with van der Waals surface area (Å²) in [4.78, 5) is 12.5. The van der Waals surface area contributed by atoms with Gasteiger partial charge in [-0.05, 0) is 30.7 Å². The lowest BCUT2D eigenvalue weighted by molar-refractivity contribution is -0.121. The Hall–Kier alpha value is -2.96. The van der Waals surface area contributed by atoms with E-state index in [1.807, 2.05) is 0 Å². The molecule has 146 valence electrons. The van der Waals surface area contributed by atoms with Gasteiger partial charge in [-0.3, -0.25) is 4.79 Å². The first-order chi connectivity index (χ1) is 12.9. The Kier molecular flexibility index (Phi) is 6.87. The van der Waals surface area contributed by atoms with Crippen LogP contribution in [-0.2, 0) is 11.2 Å². The molecule has 27 heavy (non-hydrogen) atoms. The summed E-state index contributed by atoms with van der Waals surface area (Å²) in [5.74, 6) is 0.834. The maximum absolute atomic E-state index is 13.9. The predicted octanol–water partition coefficient (Wildman–Crippen LogP) is 3.28. The van der Waals surface area contributed by atoms with E-state index in [0.29, 0.717) is 28.4 Å². The molecule has 1 unspecified atom stereocenters. The van der Waals surface area contributed by atoms with Crippen molar-refractivity contribution >= 4 is 5.91 Å². The zero-order chi connectivity index (χ0) is 20.0. The molecule has 0 aliphatic rings. The molecule has 6 nitrogen and oxygen atoms in total. The van der Waals surface area contributed by atoms with E-state index < -0.39 is 5.82 Å². The van der Waals surface area contributed by atoms with Crippen molar-refractivity contribution in [3.8, 4) is 23.0 Å². The molecule has 7 heteroatoms. The monoisotopic (exact) mass is 377 g/mol. The normalized spacial score (nSPS) is 11.5. The van der Waals surface area contributed by atoms with Crippen LogP contribution in [0, 0.1) is 5.82 Å². The molecule has 0 aromatic heterocycles. The molecule has 1 atom stereocenters. The molecule has 0 saturated carbocycles. The highest BCUT2D eigenvalue weighted by Gasteiger charge is 2.19. The average Bonchev–Trinajstić information content (AvgIpc) is 2.67. The van der Waals surface area contributed by atoms with Crippen molar-refractivity contribution in [1.29, 1.82) is 0 Å². The molecule has 1 amide bonds. The fraction of sp³-hybridized carbons (Fsp3) is 0.350. The Bertz CT molecular complexity index is 809. The van der Waals surface area contributed by atoms with Crippen LogP contribution in [0.15, 0.2) is 30.3 Å². The van der Waals surface area contributed by atoms with Crippen molar-refractivity contribution in [2.75, 3.05) is 28.4 Å².